The second-order valence-corrected chi connectivity index (χ2v) is 11.3. The predicted molar refractivity (Wildman–Crippen MR) is 174 cm³/mol. The molecule has 0 bridgehead atoms. The van der Waals surface area contributed by atoms with E-state index in [1.165, 1.54) is 13.2 Å². The fraction of sp³-hybridized carbons (Fsp3) is 0.441. The third-order valence-electron chi connectivity index (χ3n) is 7.66. The van der Waals surface area contributed by atoms with E-state index in [2.05, 4.69) is 29.1 Å². The van der Waals surface area contributed by atoms with Crippen LogP contribution >= 0.6 is 0 Å². The van der Waals surface area contributed by atoms with Crippen molar-refractivity contribution in [3.05, 3.63) is 83.1 Å². The van der Waals surface area contributed by atoms with Crippen LogP contribution in [0.3, 0.4) is 0 Å². The molecular formula is C34H45F2N5O4. The lowest BCUT2D eigenvalue weighted by Crippen LogP contribution is -2.35. The van der Waals surface area contributed by atoms with Crippen LogP contribution in [-0.4, -0.2) is 74.7 Å². The minimum Gasteiger partial charge on any atom is -0.495 e. The summed E-state index contributed by atoms with van der Waals surface area (Å²) in [5, 5.41) is 5.93. The molecule has 0 spiro atoms. The smallest absolute Gasteiger partial charge is 0.281 e. The minimum absolute atomic E-state index is 0.0492. The monoisotopic (exact) mass is 625 g/mol. The fourth-order valence-corrected chi connectivity index (χ4v) is 5.12. The van der Waals surface area contributed by atoms with E-state index in [0.717, 1.165) is 17.8 Å². The van der Waals surface area contributed by atoms with Gasteiger partial charge in [-0.3, -0.25) is 9.59 Å². The summed E-state index contributed by atoms with van der Waals surface area (Å²) in [5.74, 6) is -2.42. The van der Waals surface area contributed by atoms with Gasteiger partial charge in [0.2, 0.25) is 5.91 Å². The number of hydrogen-bond donors (Lipinski definition) is 2. The summed E-state index contributed by atoms with van der Waals surface area (Å²) in [6.45, 7) is 10.0. The third-order valence-corrected chi connectivity index (χ3v) is 7.66. The Labute approximate surface area is 265 Å². The number of amidine groups is 1. The van der Waals surface area contributed by atoms with Crippen molar-refractivity contribution in [1.29, 1.82) is 0 Å². The van der Waals surface area contributed by atoms with Crippen molar-refractivity contribution in [2.75, 3.05) is 46.7 Å². The quantitative estimate of drug-likeness (QED) is 0.0884. The molecule has 2 N–H and O–H groups in total. The Bertz CT molecular complexity index is 1440. The number of benzene rings is 1. The maximum Gasteiger partial charge on any atom is 0.281 e. The summed E-state index contributed by atoms with van der Waals surface area (Å²) in [7, 11) is 7.00. The highest BCUT2D eigenvalue weighted by Gasteiger charge is 2.38. The van der Waals surface area contributed by atoms with E-state index in [1.807, 2.05) is 25.1 Å². The summed E-state index contributed by atoms with van der Waals surface area (Å²) in [6.07, 6.45) is 6.61. The average molecular weight is 626 g/mol. The van der Waals surface area contributed by atoms with E-state index in [1.54, 1.807) is 44.0 Å². The van der Waals surface area contributed by atoms with Gasteiger partial charge in [0, 0.05) is 44.7 Å². The fourth-order valence-electron chi connectivity index (χ4n) is 5.12. The maximum absolute atomic E-state index is 15.6. The number of anilines is 1. The maximum atomic E-state index is 15.6. The number of nitrogens with zero attached hydrogens (tertiary/aromatic N) is 3. The number of rotatable bonds is 13. The van der Waals surface area contributed by atoms with Crippen LogP contribution in [0, 0.1) is 5.92 Å². The topological polar surface area (TPSA) is 95.5 Å². The van der Waals surface area contributed by atoms with Gasteiger partial charge in [-0.2, -0.15) is 0 Å². The highest BCUT2D eigenvalue weighted by Crippen LogP contribution is 2.41. The van der Waals surface area contributed by atoms with Gasteiger partial charge in [0.05, 0.1) is 24.1 Å². The molecule has 0 radical (unpaired) electrons. The normalized spacial score (nSPS) is 18.0. The van der Waals surface area contributed by atoms with Gasteiger partial charge < -0.3 is 29.9 Å². The lowest BCUT2D eigenvalue weighted by molar-refractivity contribution is -0.129. The molecule has 45 heavy (non-hydrogen) atoms. The van der Waals surface area contributed by atoms with Crippen LogP contribution in [0.25, 0.3) is 0 Å². The first-order valence-corrected chi connectivity index (χ1v) is 15.0. The number of likely N-dealkylation sites (N-methyl/N-ethyl adjacent to an activating group) is 2. The molecule has 1 unspecified atom stereocenters. The van der Waals surface area contributed by atoms with Crippen LogP contribution in [0.1, 0.15) is 56.8 Å². The van der Waals surface area contributed by atoms with E-state index < -0.39 is 17.9 Å². The van der Waals surface area contributed by atoms with Crippen LogP contribution in [0.15, 0.2) is 82.6 Å². The van der Waals surface area contributed by atoms with Gasteiger partial charge in [0.15, 0.2) is 0 Å². The molecular weight excluding hydrogens is 580 g/mol. The highest BCUT2D eigenvalue weighted by atomic mass is 19.3. The number of amides is 2. The first-order valence-electron chi connectivity index (χ1n) is 15.0. The van der Waals surface area contributed by atoms with E-state index in [0.29, 0.717) is 66.6 Å². The van der Waals surface area contributed by atoms with Gasteiger partial charge in [0.1, 0.15) is 23.1 Å². The first kappa shape index (κ1) is 35.2. The number of carbonyl (C=O) groups excluding carboxylic acids is 2. The standard InChI is InChI=1S/C34H45F2N5O4/c1-9-17-34(35,36)26(28(10-2)45-29-15-11-22(3)25-13-16-31(42)41(7)32(25)29)21-38-23(4)39-27-14-12-24(20-30(27)44-8)33(43)37-18-19-40(5)6/h9-10,12,14-15,20-22H,1,11,13,16-19H2,2-8H3,(H,37,43)(H,38,39)/b26-21+,28-10+. The molecule has 1 aromatic carbocycles. The predicted octanol–water partition coefficient (Wildman–Crippen LogP) is 6.26. The second-order valence-electron chi connectivity index (χ2n) is 11.3. The molecule has 0 saturated carbocycles. The number of allylic oxidation sites excluding steroid dienone is 5. The van der Waals surface area contributed by atoms with Crippen molar-refractivity contribution in [2.45, 2.75) is 52.4 Å². The third kappa shape index (κ3) is 8.91. The molecule has 2 aliphatic rings. The summed E-state index contributed by atoms with van der Waals surface area (Å²) >= 11 is 0. The molecule has 9 nitrogen and oxygen atoms in total. The lowest BCUT2D eigenvalue weighted by atomic mass is 9.84. The Hall–Kier alpha value is -4.25. The average Bonchev–Trinajstić information content (AvgIpc) is 2.99. The number of ether oxygens (including phenoxy) is 2. The van der Waals surface area contributed by atoms with Crippen LogP contribution < -0.4 is 15.4 Å². The van der Waals surface area contributed by atoms with Crippen molar-refractivity contribution in [1.82, 2.24) is 15.1 Å². The van der Waals surface area contributed by atoms with Crippen molar-refractivity contribution in [2.24, 2.45) is 10.9 Å². The number of nitrogens with one attached hydrogen (secondary N) is 2. The number of carbonyl (C=O) groups is 2. The molecule has 1 aliphatic carbocycles. The lowest BCUT2D eigenvalue weighted by Gasteiger charge is -2.35. The molecule has 0 saturated heterocycles. The number of hydrogen-bond acceptors (Lipinski definition) is 6. The molecule has 244 valence electrons. The first-order chi connectivity index (χ1) is 21.3. The zero-order chi connectivity index (χ0) is 33.3. The van der Waals surface area contributed by atoms with E-state index in [-0.39, 0.29) is 23.5 Å². The molecule has 1 atom stereocenters. The van der Waals surface area contributed by atoms with Gasteiger partial charge in [0.25, 0.3) is 11.8 Å². The van der Waals surface area contributed by atoms with Crippen LogP contribution in [0.5, 0.6) is 5.75 Å². The van der Waals surface area contributed by atoms with Gasteiger partial charge in [-0.15, -0.1) is 6.58 Å². The van der Waals surface area contributed by atoms with Gasteiger partial charge >= 0.3 is 0 Å². The Balaban J connectivity index is 1.89. The van der Waals surface area contributed by atoms with Crippen LogP contribution in [0.4, 0.5) is 14.5 Å². The van der Waals surface area contributed by atoms with Gasteiger partial charge in [-0.1, -0.05) is 13.0 Å². The Morgan fingerprint density at radius 1 is 1.29 bits per heavy atom. The molecule has 1 aliphatic heterocycles. The molecule has 3 rings (SSSR count). The number of halogens is 2. The number of alkyl halides is 2. The SMILES string of the molecule is C=CCC(F)(F)C(=C/N=C(C)Nc1ccc(C(=O)NCCN(C)C)cc1OC)/C(=C\C)OC1=CCC(C)C2=C1N(C)C(=O)CC2. The van der Waals surface area contributed by atoms with Gasteiger partial charge in [-0.05, 0) is 82.6 Å². The number of aliphatic imine (C=N–C) groups is 1. The van der Waals surface area contributed by atoms with Crippen molar-refractivity contribution in [3.8, 4) is 5.75 Å². The summed E-state index contributed by atoms with van der Waals surface area (Å²) in [4.78, 5) is 32.9. The zero-order valence-corrected chi connectivity index (χ0v) is 27.3. The van der Waals surface area contributed by atoms with E-state index in [9.17, 15) is 9.59 Å². The molecule has 0 fully saturated rings. The second kappa shape index (κ2) is 15.7. The Kier molecular flexibility index (Phi) is 12.3. The Morgan fingerprint density at radius 3 is 2.67 bits per heavy atom. The largest absolute Gasteiger partial charge is 0.495 e. The van der Waals surface area contributed by atoms with Crippen LogP contribution in [0.2, 0.25) is 0 Å². The summed E-state index contributed by atoms with van der Waals surface area (Å²) < 4.78 is 42.8. The number of methoxy groups -OCH3 is 1. The van der Waals surface area contributed by atoms with Gasteiger partial charge in [-0.25, -0.2) is 13.8 Å². The highest BCUT2D eigenvalue weighted by molar-refractivity contribution is 5.98. The molecule has 11 heteroatoms. The summed E-state index contributed by atoms with van der Waals surface area (Å²) in [6, 6.07) is 4.91. The minimum atomic E-state index is -3.35. The van der Waals surface area contributed by atoms with Crippen LogP contribution in [-0.2, 0) is 9.53 Å². The van der Waals surface area contributed by atoms with E-state index in [4.69, 9.17) is 9.47 Å². The molecule has 0 aromatic heterocycles. The van der Waals surface area contributed by atoms with Crippen molar-refractivity contribution in [3.63, 3.8) is 0 Å². The van der Waals surface area contributed by atoms with E-state index >= 15 is 8.78 Å². The van der Waals surface area contributed by atoms with Crippen molar-refractivity contribution >= 4 is 23.3 Å². The van der Waals surface area contributed by atoms with Crippen molar-refractivity contribution < 1.29 is 27.8 Å². The Morgan fingerprint density at radius 2 is 2.02 bits per heavy atom. The zero-order valence-electron chi connectivity index (χ0n) is 27.3. The molecule has 1 heterocycles. The molecule has 1 aromatic rings. The molecule has 2 amide bonds. The summed E-state index contributed by atoms with van der Waals surface area (Å²) in [5.41, 5.74) is 2.21.